The lowest BCUT2D eigenvalue weighted by molar-refractivity contribution is 0.0953. The largest absolute Gasteiger partial charge is 0.369 e. The van der Waals surface area contributed by atoms with Gasteiger partial charge in [0, 0.05) is 166 Å². The molecule has 0 aliphatic carbocycles. The van der Waals surface area contributed by atoms with E-state index >= 15 is 0 Å². The van der Waals surface area contributed by atoms with Gasteiger partial charge in [0.15, 0.2) is 5.82 Å². The van der Waals surface area contributed by atoms with Crippen molar-refractivity contribution in [3.8, 4) is 33.8 Å². The SMILES string of the molecule is CNC(=O)c1c(F)cnc2c([C@H](C)CNc3cc(-c4cnc(C)nc4)ncn3)cccc12.CNC(=O)c1ccnc2c([C@H](C)CNc3cc(-c4cnc(C)nc4)ncn3)cc(F)cc12.CNC(=O)c1ccnc2c([C@H](C)CNc3cc(-c4cnc(NC)nc4)ncn3)ccc(F)c12.S.S.S. The molecule has 3 atom stereocenters. The van der Waals surface area contributed by atoms with Crippen molar-refractivity contribution < 1.29 is 27.6 Å². The Morgan fingerprint density at radius 2 is 0.860 bits per heavy atom. The maximum absolute atomic E-state index is 14.6. The Morgan fingerprint density at radius 3 is 1.35 bits per heavy atom. The van der Waals surface area contributed by atoms with Gasteiger partial charge in [-0.15, -0.1) is 0 Å². The standard InChI is InChI=1S/C23H23FN8O.2C23H22FN7O.3H2S/c1-13(15-4-5-17(24)20-16(22(33)25-2)6-7-27-21(15)20)9-28-19-8-18(31-12-32-19)14-10-29-23(26-3)30-11-14;1-13(9-29-21-8-20(30-12-31-21)15-10-27-14(2)28-11-15)18-6-16(24)7-19-17(23(32)25-3)4-5-26-22(18)19;1-13(8-28-20-7-19(30-12-31-20)15-9-26-14(2)27-10-15)16-5-4-6-17-21(23(32)25-3)18(24)11-29-22(16)17;;;/h4-8,10-13H,9H2,1-3H3,(H,25,33)(H,26,29,30)(H,28,31,32);4-8,10-13H,9H2,1-3H3,(H,25,32)(H,29,30,31);4-7,9-13H,8H2,1-3H3,(H,25,32)(H,28,30,31);3*1H2/t3*13-;;;/m111.../s1. The molecule has 7 N–H and O–H groups in total. The fraction of sp³-hybridized carbons (Fsp3) is 0.217. The van der Waals surface area contributed by atoms with Crippen LogP contribution >= 0.6 is 40.5 Å². The van der Waals surface area contributed by atoms with Gasteiger partial charge >= 0.3 is 0 Å². The molecule has 0 spiro atoms. The first-order valence-corrected chi connectivity index (χ1v) is 30.6. The summed E-state index contributed by atoms with van der Waals surface area (Å²) in [6, 6.07) is 19.9. The second kappa shape index (κ2) is 35.4. The van der Waals surface area contributed by atoms with Crippen molar-refractivity contribution in [3.63, 3.8) is 0 Å². The molecule has 12 rings (SSSR count). The number of amides is 3. The van der Waals surface area contributed by atoms with Gasteiger partial charge in [0.25, 0.3) is 17.7 Å². The quantitative estimate of drug-likeness (QED) is 0.0395. The number of aryl methyl sites for hydroxylation is 2. The van der Waals surface area contributed by atoms with Gasteiger partial charge in [-0.3, -0.25) is 29.3 Å². The van der Waals surface area contributed by atoms with Crippen LogP contribution in [0.25, 0.3) is 66.5 Å². The zero-order valence-corrected chi connectivity index (χ0v) is 58.8. The molecule has 516 valence electrons. The zero-order chi connectivity index (χ0) is 68.7. The number of fused-ring (bicyclic) bond motifs is 3. The topological polar surface area (TPSA) is 329 Å². The van der Waals surface area contributed by atoms with Crippen LogP contribution in [-0.4, -0.2) is 140 Å². The highest BCUT2D eigenvalue weighted by molar-refractivity contribution is 7.59. The molecule has 9 aromatic heterocycles. The van der Waals surface area contributed by atoms with E-state index in [0.717, 1.165) is 34.0 Å². The van der Waals surface area contributed by atoms with Crippen LogP contribution < -0.4 is 37.2 Å². The second-order valence-corrected chi connectivity index (χ2v) is 22.2. The Balaban J connectivity index is 0.000000208. The van der Waals surface area contributed by atoms with E-state index in [1.54, 1.807) is 75.7 Å². The third-order valence-corrected chi connectivity index (χ3v) is 15.7. The molecule has 0 fully saturated rings. The Morgan fingerprint density at radius 1 is 0.420 bits per heavy atom. The van der Waals surface area contributed by atoms with Crippen LogP contribution in [0, 0.1) is 31.3 Å². The maximum Gasteiger partial charge on any atom is 0.254 e. The minimum Gasteiger partial charge on any atom is -0.369 e. The molecular formula is C69H73F3N22O3S3. The molecule has 0 aliphatic heterocycles. The Labute approximate surface area is 594 Å². The highest BCUT2D eigenvalue weighted by Crippen LogP contribution is 2.33. The minimum atomic E-state index is -0.645. The van der Waals surface area contributed by atoms with Gasteiger partial charge in [-0.05, 0) is 60.9 Å². The number of nitrogens with one attached hydrogen (secondary N) is 7. The number of hydrogen-bond acceptors (Lipinski definition) is 22. The first kappa shape index (κ1) is 76.2. The van der Waals surface area contributed by atoms with Gasteiger partial charge in [0.1, 0.15) is 59.7 Å². The molecule has 3 amide bonds. The van der Waals surface area contributed by atoms with Crippen molar-refractivity contribution in [1.29, 1.82) is 0 Å². The molecule has 0 radical (unpaired) electrons. The number of hydrogen-bond donors (Lipinski definition) is 7. The molecule has 0 bridgehead atoms. The van der Waals surface area contributed by atoms with Crippen LogP contribution in [0.3, 0.4) is 0 Å². The van der Waals surface area contributed by atoms with E-state index < -0.39 is 23.4 Å². The van der Waals surface area contributed by atoms with Crippen LogP contribution in [0.4, 0.5) is 36.6 Å². The van der Waals surface area contributed by atoms with Gasteiger partial charge in [-0.1, -0.05) is 45.0 Å². The Kier molecular flexibility index (Phi) is 26.9. The number of benzene rings is 3. The summed E-state index contributed by atoms with van der Waals surface area (Å²) in [4.78, 5) is 101. The molecular weight excluding hydrogens is 1340 g/mol. The van der Waals surface area contributed by atoms with Crippen LogP contribution in [0.1, 0.15) is 97.9 Å². The summed E-state index contributed by atoms with van der Waals surface area (Å²) < 4.78 is 43.3. The Bertz CT molecular complexity index is 4820. The first-order chi connectivity index (χ1) is 46.9. The number of nitrogens with zero attached hydrogens (tertiary/aromatic N) is 15. The summed E-state index contributed by atoms with van der Waals surface area (Å²) in [5, 5.41) is 21.6. The summed E-state index contributed by atoms with van der Waals surface area (Å²) in [7, 11) is 6.28. The molecule has 0 saturated carbocycles. The van der Waals surface area contributed by atoms with E-state index in [1.807, 2.05) is 65.0 Å². The molecule has 31 heteroatoms. The molecule has 100 heavy (non-hydrogen) atoms. The third kappa shape index (κ3) is 18.1. The lowest BCUT2D eigenvalue weighted by Crippen LogP contribution is -2.20. The lowest BCUT2D eigenvalue weighted by atomic mass is 9.95. The molecule has 12 aromatic rings. The number of halogens is 3. The highest BCUT2D eigenvalue weighted by Gasteiger charge is 2.23. The van der Waals surface area contributed by atoms with Crippen molar-refractivity contribution in [1.82, 2.24) is 90.7 Å². The molecule has 0 unspecified atom stereocenters. The average Bonchev–Trinajstić information content (AvgIpc) is 0.737. The van der Waals surface area contributed by atoms with E-state index in [0.29, 0.717) is 110 Å². The Hall–Kier alpha value is -11.2. The molecule has 0 saturated heterocycles. The number of carbonyl (C=O) groups excluding carboxylic acids is 3. The van der Waals surface area contributed by atoms with E-state index in [-0.39, 0.29) is 86.6 Å². The maximum atomic E-state index is 14.6. The van der Waals surface area contributed by atoms with Crippen LogP contribution in [-0.2, 0) is 0 Å². The van der Waals surface area contributed by atoms with E-state index in [9.17, 15) is 27.6 Å². The summed E-state index contributed by atoms with van der Waals surface area (Å²) in [5.74, 6) is 1.02. The van der Waals surface area contributed by atoms with Crippen LogP contribution in [0.15, 0.2) is 148 Å². The number of rotatable bonds is 19. The van der Waals surface area contributed by atoms with Crippen molar-refractivity contribution in [2.24, 2.45) is 0 Å². The highest BCUT2D eigenvalue weighted by atomic mass is 32.1. The van der Waals surface area contributed by atoms with E-state index in [1.165, 1.54) is 63.5 Å². The molecule has 9 heterocycles. The van der Waals surface area contributed by atoms with Gasteiger partial charge in [0.05, 0.1) is 56.5 Å². The fourth-order valence-electron chi connectivity index (χ4n) is 10.5. The first-order valence-electron chi connectivity index (χ1n) is 30.6. The zero-order valence-electron chi connectivity index (χ0n) is 55.8. The molecule has 3 aromatic carbocycles. The number of carbonyl (C=O) groups is 3. The van der Waals surface area contributed by atoms with Gasteiger partial charge < -0.3 is 37.2 Å². The van der Waals surface area contributed by atoms with E-state index in [4.69, 9.17) is 0 Å². The van der Waals surface area contributed by atoms with Crippen molar-refractivity contribution in [3.05, 3.63) is 210 Å². The number of aromatic nitrogens is 15. The molecule has 25 nitrogen and oxygen atoms in total. The normalized spacial score (nSPS) is 11.5. The lowest BCUT2D eigenvalue weighted by Gasteiger charge is -2.17. The number of pyridine rings is 3. The van der Waals surface area contributed by atoms with Gasteiger partial charge in [-0.2, -0.15) is 40.5 Å². The van der Waals surface area contributed by atoms with Crippen LogP contribution in [0.5, 0.6) is 0 Å². The summed E-state index contributed by atoms with van der Waals surface area (Å²) in [6.45, 7) is 11.2. The fourth-order valence-corrected chi connectivity index (χ4v) is 10.5. The van der Waals surface area contributed by atoms with Crippen molar-refractivity contribution >= 4 is 114 Å². The van der Waals surface area contributed by atoms with Gasteiger partial charge in [0.2, 0.25) is 5.95 Å². The molecule has 0 aliphatic rings. The minimum absolute atomic E-state index is 0. The average molecular weight is 1410 g/mol. The summed E-state index contributed by atoms with van der Waals surface area (Å²) >= 11 is 0. The number of anilines is 4. The number of para-hydroxylation sites is 1. The van der Waals surface area contributed by atoms with Crippen LogP contribution in [0.2, 0.25) is 0 Å². The smallest absolute Gasteiger partial charge is 0.254 e. The van der Waals surface area contributed by atoms with Crippen molar-refractivity contribution in [2.45, 2.75) is 52.4 Å². The van der Waals surface area contributed by atoms with Crippen molar-refractivity contribution in [2.75, 3.05) is 69.1 Å². The summed E-state index contributed by atoms with van der Waals surface area (Å²) in [5.41, 5.74) is 9.21. The predicted octanol–water partition coefficient (Wildman–Crippen LogP) is 10.6. The third-order valence-electron chi connectivity index (χ3n) is 15.7. The predicted molar refractivity (Wildman–Crippen MR) is 395 cm³/mol. The monoisotopic (exact) mass is 1410 g/mol. The van der Waals surface area contributed by atoms with Gasteiger partial charge in [-0.25, -0.2) is 73.0 Å². The second-order valence-electron chi connectivity index (χ2n) is 22.2. The summed E-state index contributed by atoms with van der Waals surface area (Å²) in [6.07, 6.45) is 18.9. The van der Waals surface area contributed by atoms with E-state index in [2.05, 4.69) is 112 Å².